The van der Waals surface area contributed by atoms with Gasteiger partial charge in [0.1, 0.15) is 0 Å². The average molecular weight is 532 g/mol. The molecule has 0 saturated heterocycles. The molecule has 2 saturated carbocycles. The van der Waals surface area contributed by atoms with E-state index in [2.05, 4.69) is 92.2 Å². The molecule has 4 heteroatoms. The second-order valence-electron chi connectivity index (χ2n) is 8.44. The molecule has 0 heterocycles. The Hall–Kier alpha value is -1.15. The van der Waals surface area contributed by atoms with Gasteiger partial charge < -0.3 is 0 Å². The number of nitrogens with zero attached hydrogens (tertiary/aromatic N) is 2. The molecule has 0 N–H and O–H groups in total. The molecule has 160 valence electrons. The van der Waals surface area contributed by atoms with Crippen LogP contribution in [0.15, 0.2) is 48.5 Å². The quantitative estimate of drug-likeness (QED) is 0.314. The molecule has 0 bridgehead atoms. The van der Waals surface area contributed by atoms with Crippen molar-refractivity contribution >= 4 is 31.9 Å². The Bertz CT molecular complexity index is 828. The molecule has 2 fully saturated rings. The smallest absolute Gasteiger partial charge is 0.0587 e. The van der Waals surface area contributed by atoms with Crippen LogP contribution in [0.4, 0.5) is 0 Å². The van der Waals surface area contributed by atoms with E-state index >= 15 is 0 Å². The largest absolute Gasteiger partial charge is 0.299 e. The molecule has 0 aromatic heterocycles. The number of alkyl halides is 2. The Morgan fingerprint density at radius 1 is 0.933 bits per heavy atom. The summed E-state index contributed by atoms with van der Waals surface area (Å²) >= 11 is 8.05. The molecule has 2 aromatic rings. The van der Waals surface area contributed by atoms with E-state index in [4.69, 9.17) is 5.26 Å². The van der Waals surface area contributed by atoms with Crippen LogP contribution in [0.5, 0.6) is 0 Å². The Kier molecular flexibility index (Phi) is 8.18. The lowest BCUT2D eigenvalue weighted by atomic mass is 9.91. The topological polar surface area (TPSA) is 27.0 Å². The van der Waals surface area contributed by atoms with Crippen molar-refractivity contribution in [2.75, 3.05) is 13.1 Å². The van der Waals surface area contributed by atoms with Gasteiger partial charge >= 0.3 is 0 Å². The number of nitriles is 1. The van der Waals surface area contributed by atoms with E-state index in [9.17, 15) is 0 Å². The maximum Gasteiger partial charge on any atom is 0.0587 e. The Morgan fingerprint density at radius 2 is 1.47 bits per heavy atom. The summed E-state index contributed by atoms with van der Waals surface area (Å²) in [5.41, 5.74) is 6.13. The maximum absolute atomic E-state index is 7.32. The zero-order chi connectivity index (χ0) is 21.6. The van der Waals surface area contributed by atoms with Crippen molar-refractivity contribution in [1.82, 2.24) is 4.90 Å². The zero-order valence-electron chi connectivity index (χ0n) is 18.1. The van der Waals surface area contributed by atoms with Gasteiger partial charge in [0, 0.05) is 13.5 Å². The van der Waals surface area contributed by atoms with E-state index in [1.54, 1.807) is 22.8 Å². The maximum atomic E-state index is 7.32. The summed E-state index contributed by atoms with van der Waals surface area (Å²) in [4.78, 5) is 2.57. The fourth-order valence-corrected chi connectivity index (χ4v) is 5.26. The minimum absolute atomic E-state index is 0.255. The fraction of sp³-hybridized carbons (Fsp3) is 0.500. The van der Waals surface area contributed by atoms with E-state index in [0.717, 1.165) is 19.6 Å². The molecule has 0 radical (unpaired) electrons. The SMILES string of the molecule is CC#N.CCN(CCCc1c(C2(Br)CC2)cccc1C1(Br)CC1)Cc1ccccc1. The van der Waals surface area contributed by atoms with Gasteiger partial charge in [-0.15, -0.1) is 0 Å². The van der Waals surface area contributed by atoms with Crippen LogP contribution >= 0.6 is 31.9 Å². The van der Waals surface area contributed by atoms with Gasteiger partial charge in [0.2, 0.25) is 0 Å². The highest BCUT2D eigenvalue weighted by atomic mass is 79.9. The molecule has 30 heavy (non-hydrogen) atoms. The summed E-state index contributed by atoms with van der Waals surface area (Å²) < 4.78 is 0.510. The van der Waals surface area contributed by atoms with E-state index in [-0.39, 0.29) is 8.65 Å². The van der Waals surface area contributed by atoms with Crippen molar-refractivity contribution in [2.45, 2.75) is 67.6 Å². The number of hydrogen-bond acceptors (Lipinski definition) is 2. The van der Waals surface area contributed by atoms with Gasteiger partial charge in [-0.1, -0.05) is 87.3 Å². The minimum Gasteiger partial charge on any atom is -0.299 e. The second-order valence-corrected chi connectivity index (χ2v) is 11.5. The van der Waals surface area contributed by atoms with Crippen LogP contribution < -0.4 is 0 Å². The fourth-order valence-electron chi connectivity index (χ4n) is 4.12. The number of benzene rings is 2. The van der Waals surface area contributed by atoms with Crippen molar-refractivity contribution in [1.29, 1.82) is 5.26 Å². The lowest BCUT2D eigenvalue weighted by molar-refractivity contribution is 0.276. The van der Waals surface area contributed by atoms with Crippen molar-refractivity contribution < 1.29 is 0 Å². The molecular weight excluding hydrogens is 500 g/mol. The number of hydrogen-bond donors (Lipinski definition) is 0. The number of rotatable bonds is 9. The Labute approximate surface area is 198 Å². The highest BCUT2D eigenvalue weighted by Gasteiger charge is 2.47. The summed E-state index contributed by atoms with van der Waals surface area (Å²) in [5.74, 6) is 0. The van der Waals surface area contributed by atoms with Gasteiger partial charge in [0.25, 0.3) is 0 Å². The van der Waals surface area contributed by atoms with Crippen LogP contribution in [0.2, 0.25) is 0 Å². The standard InChI is InChI=1S/C24H29Br2N.C2H3N/c1-2-27(18-19-8-4-3-5-9-19)17-7-10-20-21(23(25)13-14-23)11-6-12-22(20)24(26)15-16-24;1-2-3/h3-6,8-9,11-12H,2,7,10,13-18H2,1H3;1H3. The summed E-state index contributed by atoms with van der Waals surface area (Å²) in [6.07, 6.45) is 7.48. The van der Waals surface area contributed by atoms with Crippen molar-refractivity contribution in [3.8, 4) is 6.07 Å². The predicted molar refractivity (Wildman–Crippen MR) is 133 cm³/mol. The van der Waals surface area contributed by atoms with E-state index < -0.39 is 0 Å². The van der Waals surface area contributed by atoms with Gasteiger partial charge in [-0.3, -0.25) is 4.90 Å². The van der Waals surface area contributed by atoms with Crippen molar-refractivity contribution in [2.24, 2.45) is 0 Å². The van der Waals surface area contributed by atoms with Gasteiger partial charge in [-0.25, -0.2) is 0 Å². The summed E-state index contributed by atoms with van der Waals surface area (Å²) in [7, 11) is 0. The first-order chi connectivity index (χ1) is 14.5. The highest BCUT2D eigenvalue weighted by molar-refractivity contribution is 9.10. The molecule has 2 nitrogen and oxygen atoms in total. The Balaban J connectivity index is 0.000000806. The zero-order valence-corrected chi connectivity index (χ0v) is 21.3. The van der Waals surface area contributed by atoms with Crippen molar-refractivity contribution in [3.05, 3.63) is 70.8 Å². The first kappa shape index (κ1) is 23.5. The van der Waals surface area contributed by atoms with Crippen LogP contribution in [-0.2, 0) is 21.6 Å². The average Bonchev–Trinajstić information content (AvgIpc) is 3.68. The molecule has 0 spiro atoms. The first-order valence-corrected chi connectivity index (χ1v) is 12.6. The molecule has 0 amide bonds. The molecule has 2 aromatic carbocycles. The molecule has 2 aliphatic rings. The minimum atomic E-state index is 0.255. The summed E-state index contributed by atoms with van der Waals surface area (Å²) in [5, 5.41) is 7.32. The van der Waals surface area contributed by atoms with E-state index in [1.165, 1.54) is 51.0 Å². The van der Waals surface area contributed by atoms with Gasteiger partial charge in [-0.05, 0) is 73.9 Å². The third-order valence-electron chi connectivity index (χ3n) is 6.12. The monoisotopic (exact) mass is 530 g/mol. The molecule has 2 aliphatic carbocycles. The predicted octanol–water partition coefficient (Wildman–Crippen LogP) is 7.44. The van der Waals surface area contributed by atoms with Gasteiger partial charge in [0.15, 0.2) is 0 Å². The molecule has 0 aliphatic heterocycles. The second kappa shape index (κ2) is 10.4. The number of halogens is 2. The van der Waals surface area contributed by atoms with Crippen LogP contribution in [-0.4, -0.2) is 18.0 Å². The van der Waals surface area contributed by atoms with E-state index in [1.807, 2.05) is 0 Å². The third-order valence-corrected chi connectivity index (χ3v) is 8.56. The van der Waals surface area contributed by atoms with Crippen LogP contribution in [0.1, 0.15) is 68.2 Å². The third kappa shape index (κ3) is 5.96. The molecule has 0 atom stereocenters. The normalized spacial score (nSPS) is 17.6. The first-order valence-electron chi connectivity index (χ1n) is 11.0. The van der Waals surface area contributed by atoms with Crippen LogP contribution in [0.3, 0.4) is 0 Å². The summed E-state index contributed by atoms with van der Waals surface area (Å²) in [6, 6.07) is 19.6. The van der Waals surface area contributed by atoms with Gasteiger partial charge in [0.05, 0.1) is 14.7 Å². The lowest BCUT2D eigenvalue weighted by Gasteiger charge is -2.23. The molecule has 0 unspecified atom stereocenters. The van der Waals surface area contributed by atoms with Crippen LogP contribution in [0, 0.1) is 11.3 Å². The molecule has 4 rings (SSSR count). The van der Waals surface area contributed by atoms with Gasteiger partial charge in [-0.2, -0.15) is 5.26 Å². The van der Waals surface area contributed by atoms with Crippen LogP contribution in [0.25, 0.3) is 0 Å². The lowest BCUT2D eigenvalue weighted by Crippen LogP contribution is -2.24. The highest BCUT2D eigenvalue weighted by Crippen LogP contribution is 2.59. The van der Waals surface area contributed by atoms with Crippen molar-refractivity contribution in [3.63, 3.8) is 0 Å². The Morgan fingerprint density at radius 3 is 1.93 bits per heavy atom. The molecular formula is C26H32Br2N2. The van der Waals surface area contributed by atoms with E-state index in [0.29, 0.717) is 0 Å². The summed E-state index contributed by atoms with van der Waals surface area (Å²) in [6.45, 7) is 7.02.